The van der Waals surface area contributed by atoms with Crippen LogP contribution in [0.25, 0.3) is 0 Å². The minimum absolute atomic E-state index is 0.0761. The van der Waals surface area contributed by atoms with Gasteiger partial charge in [0, 0.05) is 15.7 Å². The van der Waals surface area contributed by atoms with Crippen molar-refractivity contribution in [3.63, 3.8) is 0 Å². The minimum atomic E-state index is -3.93. The molecule has 0 aliphatic heterocycles. The largest absolute Gasteiger partial charge is 0.462 e. The van der Waals surface area contributed by atoms with Crippen molar-refractivity contribution in [2.45, 2.75) is 37.5 Å². The number of esters is 1. The molecule has 0 unspecified atom stereocenters. The minimum Gasteiger partial charge on any atom is -0.462 e. The summed E-state index contributed by atoms with van der Waals surface area (Å²) in [6, 6.07) is 3.69. The summed E-state index contributed by atoms with van der Waals surface area (Å²) < 4.78 is 27.6. The van der Waals surface area contributed by atoms with E-state index in [0.29, 0.717) is 6.61 Å². The Morgan fingerprint density at radius 3 is 2.50 bits per heavy atom. The molecule has 0 aliphatic carbocycles. The topological polar surface area (TPSA) is 60.4 Å². The van der Waals surface area contributed by atoms with Crippen molar-refractivity contribution in [1.82, 2.24) is 0 Å². The SMILES string of the molecule is CCCCCCOC(=O)c1cc(Cl)cc(S(=O)(=O)Cl)c1. The van der Waals surface area contributed by atoms with Gasteiger partial charge in [-0.3, -0.25) is 0 Å². The summed E-state index contributed by atoms with van der Waals surface area (Å²) in [7, 11) is 1.30. The third kappa shape index (κ3) is 5.69. The fraction of sp³-hybridized carbons (Fsp3) is 0.462. The predicted molar refractivity (Wildman–Crippen MR) is 78.9 cm³/mol. The van der Waals surface area contributed by atoms with E-state index in [1.807, 2.05) is 0 Å². The number of carbonyl (C=O) groups excluding carboxylic acids is 1. The summed E-state index contributed by atoms with van der Waals surface area (Å²) in [4.78, 5) is 11.6. The van der Waals surface area contributed by atoms with Gasteiger partial charge >= 0.3 is 5.97 Å². The molecule has 20 heavy (non-hydrogen) atoms. The van der Waals surface area contributed by atoms with Gasteiger partial charge in [0.15, 0.2) is 0 Å². The third-order valence-corrected chi connectivity index (χ3v) is 4.17. The molecule has 0 N–H and O–H groups in total. The lowest BCUT2D eigenvalue weighted by Crippen LogP contribution is -2.07. The van der Waals surface area contributed by atoms with Crippen molar-refractivity contribution in [2.75, 3.05) is 6.61 Å². The van der Waals surface area contributed by atoms with Gasteiger partial charge in [-0.05, 0) is 24.6 Å². The Morgan fingerprint density at radius 1 is 1.20 bits per heavy atom. The molecule has 4 nitrogen and oxygen atoms in total. The monoisotopic (exact) mass is 338 g/mol. The van der Waals surface area contributed by atoms with Crippen molar-refractivity contribution < 1.29 is 17.9 Å². The summed E-state index contributed by atoms with van der Waals surface area (Å²) in [5.41, 5.74) is 0.0761. The summed E-state index contributed by atoms with van der Waals surface area (Å²) in [5, 5.41) is 0.115. The van der Waals surface area contributed by atoms with Crippen molar-refractivity contribution in [2.24, 2.45) is 0 Å². The Hall–Kier alpha value is -0.780. The average Bonchev–Trinajstić information content (AvgIpc) is 2.36. The number of ether oxygens (including phenoxy) is 1. The molecule has 0 saturated heterocycles. The molecule has 0 bridgehead atoms. The first kappa shape index (κ1) is 17.3. The second-order valence-corrected chi connectivity index (χ2v) is 7.31. The molecule has 0 amide bonds. The quantitative estimate of drug-likeness (QED) is 0.428. The molecule has 1 rings (SSSR count). The number of hydrogen-bond donors (Lipinski definition) is 0. The highest BCUT2D eigenvalue weighted by molar-refractivity contribution is 8.13. The van der Waals surface area contributed by atoms with E-state index in [0.717, 1.165) is 31.7 Å². The molecule has 7 heteroatoms. The van der Waals surface area contributed by atoms with Gasteiger partial charge in [0.05, 0.1) is 17.1 Å². The summed E-state index contributed by atoms with van der Waals surface area (Å²) >= 11 is 5.77. The highest BCUT2D eigenvalue weighted by atomic mass is 35.7. The van der Waals surface area contributed by atoms with Crippen LogP contribution in [-0.2, 0) is 13.8 Å². The summed E-state index contributed by atoms with van der Waals surface area (Å²) in [6.45, 7) is 2.39. The van der Waals surface area contributed by atoms with Crippen LogP contribution >= 0.6 is 22.3 Å². The molecular formula is C13H16Cl2O4S. The lowest BCUT2D eigenvalue weighted by atomic mass is 10.2. The molecule has 1 aromatic rings. The van der Waals surface area contributed by atoms with E-state index in [9.17, 15) is 13.2 Å². The Labute approximate surface area is 128 Å². The van der Waals surface area contributed by atoms with Crippen molar-refractivity contribution in [1.29, 1.82) is 0 Å². The number of carbonyl (C=O) groups is 1. The number of hydrogen-bond acceptors (Lipinski definition) is 4. The number of benzene rings is 1. The maximum atomic E-state index is 11.8. The van der Waals surface area contributed by atoms with E-state index in [2.05, 4.69) is 6.92 Å². The standard InChI is InChI=1S/C13H16Cl2O4S/c1-2-3-4-5-6-19-13(16)10-7-11(14)9-12(8-10)20(15,17)18/h7-9H,2-6H2,1H3. The van der Waals surface area contributed by atoms with Gasteiger partial charge in [-0.1, -0.05) is 37.8 Å². The molecule has 0 heterocycles. The fourth-order valence-electron chi connectivity index (χ4n) is 1.60. The van der Waals surface area contributed by atoms with Crippen LogP contribution in [-0.4, -0.2) is 21.0 Å². The lowest BCUT2D eigenvalue weighted by Gasteiger charge is -2.06. The van der Waals surface area contributed by atoms with E-state index in [1.54, 1.807) is 0 Å². The number of rotatable bonds is 7. The average molecular weight is 339 g/mol. The van der Waals surface area contributed by atoms with Gasteiger partial charge < -0.3 is 4.74 Å². The molecule has 0 aliphatic rings. The smallest absolute Gasteiger partial charge is 0.338 e. The molecule has 112 valence electrons. The lowest BCUT2D eigenvalue weighted by molar-refractivity contribution is 0.0497. The Balaban J connectivity index is 2.71. The van der Waals surface area contributed by atoms with Crippen molar-refractivity contribution in [3.05, 3.63) is 28.8 Å². The van der Waals surface area contributed by atoms with Crippen LogP contribution in [0.4, 0.5) is 0 Å². The van der Waals surface area contributed by atoms with Crippen LogP contribution in [0.5, 0.6) is 0 Å². The first-order chi connectivity index (χ1) is 9.34. The van der Waals surface area contributed by atoms with Gasteiger partial charge in [0.25, 0.3) is 9.05 Å². The number of halogens is 2. The van der Waals surface area contributed by atoms with Gasteiger partial charge in [-0.25, -0.2) is 13.2 Å². The van der Waals surface area contributed by atoms with E-state index in [-0.39, 0.29) is 15.5 Å². The molecule has 0 aromatic heterocycles. The summed E-state index contributed by atoms with van der Waals surface area (Å²) in [6.07, 6.45) is 3.95. The third-order valence-electron chi connectivity index (χ3n) is 2.62. The second kappa shape index (κ2) is 7.86. The Bertz CT molecular complexity index is 570. The molecule has 1 aromatic carbocycles. The molecule has 0 radical (unpaired) electrons. The molecule has 0 spiro atoms. The van der Waals surface area contributed by atoms with Gasteiger partial charge in [-0.2, -0.15) is 0 Å². The van der Waals surface area contributed by atoms with Crippen LogP contribution in [0.15, 0.2) is 23.1 Å². The zero-order valence-corrected chi connectivity index (χ0v) is 13.4. The van der Waals surface area contributed by atoms with Crippen molar-refractivity contribution >= 4 is 37.3 Å². The Morgan fingerprint density at radius 2 is 1.90 bits per heavy atom. The zero-order valence-electron chi connectivity index (χ0n) is 11.1. The van der Waals surface area contributed by atoms with E-state index >= 15 is 0 Å². The molecule has 0 saturated carbocycles. The molecular weight excluding hydrogens is 323 g/mol. The molecule has 0 fully saturated rings. The molecule has 0 atom stereocenters. The summed E-state index contributed by atoms with van der Waals surface area (Å²) in [5.74, 6) is -0.606. The van der Waals surface area contributed by atoms with Crippen LogP contribution in [0, 0.1) is 0 Å². The van der Waals surface area contributed by atoms with E-state index in [1.165, 1.54) is 12.1 Å². The highest BCUT2D eigenvalue weighted by Gasteiger charge is 2.16. The number of unbranched alkanes of at least 4 members (excludes halogenated alkanes) is 3. The van der Waals surface area contributed by atoms with E-state index < -0.39 is 15.0 Å². The van der Waals surface area contributed by atoms with Crippen LogP contribution < -0.4 is 0 Å². The van der Waals surface area contributed by atoms with Gasteiger partial charge in [-0.15, -0.1) is 0 Å². The normalized spacial score (nSPS) is 11.3. The maximum absolute atomic E-state index is 11.8. The first-order valence-electron chi connectivity index (χ1n) is 6.27. The van der Waals surface area contributed by atoms with Gasteiger partial charge in [0.2, 0.25) is 0 Å². The van der Waals surface area contributed by atoms with Gasteiger partial charge in [0.1, 0.15) is 0 Å². The van der Waals surface area contributed by atoms with Crippen molar-refractivity contribution in [3.8, 4) is 0 Å². The second-order valence-electron chi connectivity index (χ2n) is 4.31. The Kier molecular flexibility index (Phi) is 6.79. The zero-order chi connectivity index (χ0) is 15.2. The predicted octanol–water partition coefficient (Wildman–Crippen LogP) is 4.00. The van der Waals surface area contributed by atoms with Crippen LogP contribution in [0.2, 0.25) is 5.02 Å². The maximum Gasteiger partial charge on any atom is 0.338 e. The van der Waals surface area contributed by atoms with Crippen LogP contribution in [0.3, 0.4) is 0 Å². The van der Waals surface area contributed by atoms with Crippen LogP contribution in [0.1, 0.15) is 43.0 Å². The highest BCUT2D eigenvalue weighted by Crippen LogP contribution is 2.22. The van der Waals surface area contributed by atoms with E-state index in [4.69, 9.17) is 27.0 Å². The first-order valence-corrected chi connectivity index (χ1v) is 8.95. The fourth-order valence-corrected chi connectivity index (χ4v) is 2.70.